The second kappa shape index (κ2) is 8.55. The standard InChI is InChI=1S/C19H20N4O2S/c1-13-7-10-21-18(11-13)23-17-4-2-3-15(22-17)16-6-5-14(26-16)12-20-9-8-19(24)25/h2-7,10-11,20H,8-9,12H2,1H3,(H,24,25)(H,21,22,23). The van der Waals surface area contributed by atoms with E-state index in [4.69, 9.17) is 5.11 Å². The van der Waals surface area contributed by atoms with Crippen molar-refractivity contribution >= 4 is 28.9 Å². The number of hydrogen-bond donors (Lipinski definition) is 3. The number of aromatic nitrogens is 2. The molecule has 7 heteroatoms. The molecule has 0 radical (unpaired) electrons. The topological polar surface area (TPSA) is 87.1 Å². The minimum atomic E-state index is -0.791. The van der Waals surface area contributed by atoms with E-state index in [1.165, 1.54) is 0 Å². The Bertz CT molecular complexity index is 895. The molecule has 3 aromatic heterocycles. The molecule has 0 amide bonds. The zero-order valence-corrected chi connectivity index (χ0v) is 15.2. The van der Waals surface area contributed by atoms with Crippen LogP contribution in [0.3, 0.4) is 0 Å². The van der Waals surface area contributed by atoms with Gasteiger partial charge < -0.3 is 15.7 Å². The number of aliphatic carboxylic acids is 1. The van der Waals surface area contributed by atoms with Gasteiger partial charge in [-0.1, -0.05) is 6.07 Å². The van der Waals surface area contributed by atoms with Crippen LogP contribution < -0.4 is 10.6 Å². The summed E-state index contributed by atoms with van der Waals surface area (Å²) in [5, 5.41) is 15.0. The van der Waals surface area contributed by atoms with E-state index in [0.29, 0.717) is 13.1 Å². The van der Waals surface area contributed by atoms with Crippen LogP contribution in [0.4, 0.5) is 11.6 Å². The molecule has 0 aromatic carbocycles. The molecule has 26 heavy (non-hydrogen) atoms. The fourth-order valence-electron chi connectivity index (χ4n) is 2.39. The van der Waals surface area contributed by atoms with E-state index in [2.05, 4.69) is 20.6 Å². The molecule has 3 aromatic rings. The number of rotatable bonds is 8. The van der Waals surface area contributed by atoms with Crippen LogP contribution >= 0.6 is 11.3 Å². The Morgan fingerprint density at radius 2 is 2.08 bits per heavy atom. The van der Waals surface area contributed by atoms with Crippen LogP contribution in [0.5, 0.6) is 0 Å². The molecule has 0 bridgehead atoms. The van der Waals surface area contributed by atoms with E-state index in [1.807, 2.05) is 49.4 Å². The number of hydrogen-bond acceptors (Lipinski definition) is 6. The van der Waals surface area contributed by atoms with Crippen LogP contribution in [0, 0.1) is 6.92 Å². The molecule has 0 fully saturated rings. The summed E-state index contributed by atoms with van der Waals surface area (Å²) in [6, 6.07) is 13.9. The number of thiophene rings is 1. The number of nitrogens with one attached hydrogen (secondary N) is 2. The highest BCUT2D eigenvalue weighted by atomic mass is 32.1. The number of pyridine rings is 2. The molecule has 3 rings (SSSR count). The predicted molar refractivity (Wildman–Crippen MR) is 104 cm³/mol. The summed E-state index contributed by atoms with van der Waals surface area (Å²) in [6.45, 7) is 3.14. The first-order valence-electron chi connectivity index (χ1n) is 8.28. The maximum atomic E-state index is 10.5. The van der Waals surface area contributed by atoms with Crippen LogP contribution in [0.15, 0.2) is 48.7 Å². The molecule has 3 heterocycles. The molecule has 134 valence electrons. The first-order valence-corrected chi connectivity index (χ1v) is 9.10. The van der Waals surface area contributed by atoms with Crippen LogP contribution in [-0.4, -0.2) is 27.6 Å². The second-order valence-electron chi connectivity index (χ2n) is 5.84. The van der Waals surface area contributed by atoms with Crippen LogP contribution in [0.1, 0.15) is 16.9 Å². The van der Waals surface area contributed by atoms with Crippen molar-refractivity contribution in [2.45, 2.75) is 19.9 Å². The molecular formula is C19H20N4O2S. The molecule has 0 aliphatic heterocycles. The lowest BCUT2D eigenvalue weighted by atomic mass is 10.3. The summed E-state index contributed by atoms with van der Waals surface area (Å²) in [7, 11) is 0. The van der Waals surface area contributed by atoms with Gasteiger partial charge in [0.25, 0.3) is 0 Å². The van der Waals surface area contributed by atoms with E-state index in [1.54, 1.807) is 17.5 Å². The Balaban J connectivity index is 1.65. The van der Waals surface area contributed by atoms with Crippen molar-refractivity contribution in [1.82, 2.24) is 15.3 Å². The highest BCUT2D eigenvalue weighted by Gasteiger charge is 2.06. The minimum Gasteiger partial charge on any atom is -0.481 e. The third-order valence-corrected chi connectivity index (χ3v) is 4.76. The summed E-state index contributed by atoms with van der Waals surface area (Å²) in [6.07, 6.45) is 1.89. The number of carboxylic acids is 1. The normalized spacial score (nSPS) is 10.7. The monoisotopic (exact) mass is 368 g/mol. The number of anilines is 2. The highest BCUT2D eigenvalue weighted by Crippen LogP contribution is 2.28. The Hall–Kier alpha value is -2.77. The third kappa shape index (κ3) is 5.11. The lowest BCUT2D eigenvalue weighted by Gasteiger charge is -2.06. The number of carbonyl (C=O) groups is 1. The van der Waals surface area contributed by atoms with Gasteiger partial charge in [-0.2, -0.15) is 0 Å². The van der Waals surface area contributed by atoms with Gasteiger partial charge in [0, 0.05) is 24.2 Å². The van der Waals surface area contributed by atoms with Gasteiger partial charge in [0.15, 0.2) is 0 Å². The molecule has 3 N–H and O–H groups in total. The fraction of sp³-hybridized carbons (Fsp3) is 0.211. The van der Waals surface area contributed by atoms with E-state index in [-0.39, 0.29) is 6.42 Å². The molecule has 0 unspecified atom stereocenters. The van der Waals surface area contributed by atoms with Gasteiger partial charge in [-0.15, -0.1) is 11.3 Å². The highest BCUT2D eigenvalue weighted by molar-refractivity contribution is 7.15. The number of aryl methyl sites for hydroxylation is 1. The first kappa shape index (κ1) is 18.0. The quantitative estimate of drug-likeness (QED) is 0.524. The maximum Gasteiger partial charge on any atom is 0.304 e. The molecular weight excluding hydrogens is 348 g/mol. The number of nitrogens with zero attached hydrogens (tertiary/aromatic N) is 2. The van der Waals surface area contributed by atoms with Gasteiger partial charge in [-0.3, -0.25) is 4.79 Å². The van der Waals surface area contributed by atoms with E-state index in [9.17, 15) is 4.79 Å². The number of carboxylic acid groups (broad SMARTS) is 1. The predicted octanol–water partition coefficient (Wildman–Crippen LogP) is 3.82. The molecule has 6 nitrogen and oxygen atoms in total. The van der Waals surface area contributed by atoms with Crippen molar-refractivity contribution in [2.75, 3.05) is 11.9 Å². The van der Waals surface area contributed by atoms with Crippen molar-refractivity contribution in [1.29, 1.82) is 0 Å². The van der Waals surface area contributed by atoms with Crippen molar-refractivity contribution in [3.05, 3.63) is 59.1 Å². The van der Waals surface area contributed by atoms with Gasteiger partial charge in [0.05, 0.1) is 17.0 Å². The molecule has 0 atom stereocenters. The van der Waals surface area contributed by atoms with E-state index >= 15 is 0 Å². The van der Waals surface area contributed by atoms with Crippen LogP contribution in [0.2, 0.25) is 0 Å². The second-order valence-corrected chi connectivity index (χ2v) is 7.01. The average Bonchev–Trinajstić information content (AvgIpc) is 3.08. The van der Waals surface area contributed by atoms with Gasteiger partial charge in [-0.25, -0.2) is 9.97 Å². The summed E-state index contributed by atoms with van der Waals surface area (Å²) >= 11 is 1.65. The summed E-state index contributed by atoms with van der Waals surface area (Å²) in [4.78, 5) is 21.7. The fourth-order valence-corrected chi connectivity index (χ4v) is 3.34. The van der Waals surface area contributed by atoms with Crippen molar-refractivity contribution in [2.24, 2.45) is 0 Å². The molecule has 0 saturated carbocycles. The Kier molecular flexibility index (Phi) is 5.93. The van der Waals surface area contributed by atoms with Gasteiger partial charge in [0.2, 0.25) is 0 Å². The third-order valence-electron chi connectivity index (χ3n) is 3.65. The lowest BCUT2D eigenvalue weighted by molar-refractivity contribution is -0.136. The smallest absolute Gasteiger partial charge is 0.304 e. The zero-order valence-electron chi connectivity index (χ0n) is 14.4. The SMILES string of the molecule is Cc1ccnc(Nc2cccc(-c3ccc(CNCCC(=O)O)s3)n2)c1. The maximum absolute atomic E-state index is 10.5. The van der Waals surface area contributed by atoms with Gasteiger partial charge >= 0.3 is 5.97 Å². The summed E-state index contributed by atoms with van der Waals surface area (Å²) in [5.74, 6) is 0.722. The van der Waals surface area contributed by atoms with Crippen molar-refractivity contribution < 1.29 is 9.90 Å². The largest absolute Gasteiger partial charge is 0.481 e. The van der Waals surface area contributed by atoms with Crippen molar-refractivity contribution in [3.63, 3.8) is 0 Å². The first-order chi connectivity index (χ1) is 12.6. The van der Waals surface area contributed by atoms with E-state index in [0.717, 1.165) is 32.6 Å². The summed E-state index contributed by atoms with van der Waals surface area (Å²) in [5.41, 5.74) is 2.03. The minimum absolute atomic E-state index is 0.125. The van der Waals surface area contributed by atoms with Crippen LogP contribution in [0.25, 0.3) is 10.6 Å². The lowest BCUT2D eigenvalue weighted by Crippen LogP contribution is -2.16. The summed E-state index contributed by atoms with van der Waals surface area (Å²) < 4.78 is 0. The molecule has 0 aliphatic carbocycles. The van der Waals surface area contributed by atoms with E-state index < -0.39 is 5.97 Å². The average molecular weight is 368 g/mol. The van der Waals surface area contributed by atoms with Gasteiger partial charge in [0.1, 0.15) is 11.6 Å². The zero-order chi connectivity index (χ0) is 18.4. The molecule has 0 saturated heterocycles. The van der Waals surface area contributed by atoms with Crippen molar-refractivity contribution in [3.8, 4) is 10.6 Å². The molecule has 0 spiro atoms. The Morgan fingerprint density at radius 3 is 2.88 bits per heavy atom. The van der Waals surface area contributed by atoms with Gasteiger partial charge in [-0.05, 0) is 48.9 Å². The van der Waals surface area contributed by atoms with Crippen LogP contribution in [-0.2, 0) is 11.3 Å². The molecule has 0 aliphatic rings. The Labute approximate surface area is 156 Å². The Morgan fingerprint density at radius 1 is 1.19 bits per heavy atom.